The molecule has 27 heavy (non-hydrogen) atoms. The highest BCUT2D eigenvalue weighted by Crippen LogP contribution is 2.12. The Hall–Kier alpha value is -2.99. The minimum absolute atomic E-state index is 0.229. The Morgan fingerprint density at radius 1 is 1.00 bits per heavy atom. The summed E-state index contributed by atoms with van der Waals surface area (Å²) in [5.41, 5.74) is 2.24. The van der Waals surface area contributed by atoms with Crippen LogP contribution in [0.3, 0.4) is 0 Å². The fraction of sp³-hybridized carbons (Fsp3) is 0.286. The van der Waals surface area contributed by atoms with Gasteiger partial charge in [-0.25, -0.2) is 5.10 Å². The third kappa shape index (κ3) is 4.41. The number of aromatic amines is 1. The van der Waals surface area contributed by atoms with Gasteiger partial charge in [-0.3, -0.25) is 9.59 Å². The van der Waals surface area contributed by atoms with Crippen molar-refractivity contribution >= 4 is 16.7 Å². The second-order valence-electron chi connectivity index (χ2n) is 6.58. The number of amides is 1. The van der Waals surface area contributed by atoms with Crippen LogP contribution < -0.4 is 15.8 Å². The van der Waals surface area contributed by atoms with E-state index in [2.05, 4.69) is 41.5 Å². The maximum atomic E-state index is 12.5. The van der Waals surface area contributed by atoms with E-state index in [1.807, 2.05) is 12.1 Å². The number of quaternary nitrogens is 1. The van der Waals surface area contributed by atoms with Crippen LogP contribution in [0.1, 0.15) is 35.5 Å². The largest absolute Gasteiger partial charge is 0.347 e. The molecule has 1 aromatic heterocycles. The number of fused-ring (bicyclic) bond motifs is 1. The van der Waals surface area contributed by atoms with E-state index in [4.69, 9.17) is 0 Å². The van der Waals surface area contributed by atoms with Gasteiger partial charge in [-0.1, -0.05) is 42.5 Å². The molecule has 2 aromatic carbocycles. The summed E-state index contributed by atoms with van der Waals surface area (Å²) >= 11 is 0. The summed E-state index contributed by atoms with van der Waals surface area (Å²) in [7, 11) is 0. The SMILES string of the molecule is CC[NH+](CC)Cc1ccc(CNC(=O)c2n[nH]c(=O)c3ccccc23)cc1. The van der Waals surface area contributed by atoms with E-state index in [0.717, 1.165) is 25.2 Å². The molecule has 0 fully saturated rings. The summed E-state index contributed by atoms with van der Waals surface area (Å²) < 4.78 is 0. The Morgan fingerprint density at radius 2 is 1.63 bits per heavy atom. The first-order valence-electron chi connectivity index (χ1n) is 9.29. The van der Waals surface area contributed by atoms with Crippen LogP contribution >= 0.6 is 0 Å². The van der Waals surface area contributed by atoms with Gasteiger partial charge < -0.3 is 10.2 Å². The lowest BCUT2D eigenvalue weighted by Gasteiger charge is -2.15. The van der Waals surface area contributed by atoms with Gasteiger partial charge in [0.05, 0.1) is 18.5 Å². The summed E-state index contributed by atoms with van der Waals surface area (Å²) in [5, 5.41) is 10.2. The van der Waals surface area contributed by atoms with E-state index in [1.165, 1.54) is 10.5 Å². The van der Waals surface area contributed by atoms with Crippen LogP contribution in [0.25, 0.3) is 10.8 Å². The number of carbonyl (C=O) groups excluding carboxylic acids is 1. The van der Waals surface area contributed by atoms with E-state index >= 15 is 0 Å². The number of hydrogen-bond donors (Lipinski definition) is 3. The Balaban J connectivity index is 1.68. The fourth-order valence-corrected chi connectivity index (χ4v) is 3.12. The van der Waals surface area contributed by atoms with Crippen molar-refractivity contribution in [3.8, 4) is 0 Å². The molecular formula is C21H25N4O2+. The van der Waals surface area contributed by atoms with Gasteiger partial charge in [-0.05, 0) is 25.5 Å². The minimum atomic E-state index is -0.306. The highest BCUT2D eigenvalue weighted by Gasteiger charge is 2.13. The molecule has 140 valence electrons. The van der Waals surface area contributed by atoms with Gasteiger partial charge >= 0.3 is 0 Å². The van der Waals surface area contributed by atoms with Crippen molar-refractivity contribution in [2.24, 2.45) is 0 Å². The summed E-state index contributed by atoms with van der Waals surface area (Å²) in [4.78, 5) is 25.9. The molecule has 0 aliphatic heterocycles. The van der Waals surface area contributed by atoms with Crippen molar-refractivity contribution in [1.82, 2.24) is 15.5 Å². The van der Waals surface area contributed by atoms with Crippen molar-refractivity contribution in [3.05, 3.63) is 75.7 Å². The Bertz CT molecular complexity index is 975. The Labute approximate surface area is 158 Å². The average Bonchev–Trinajstić information content (AvgIpc) is 2.71. The molecule has 1 heterocycles. The van der Waals surface area contributed by atoms with Crippen molar-refractivity contribution in [1.29, 1.82) is 0 Å². The zero-order chi connectivity index (χ0) is 19.2. The monoisotopic (exact) mass is 365 g/mol. The molecule has 3 aromatic rings. The fourth-order valence-electron chi connectivity index (χ4n) is 3.12. The van der Waals surface area contributed by atoms with Crippen molar-refractivity contribution in [3.63, 3.8) is 0 Å². The number of carbonyl (C=O) groups is 1. The van der Waals surface area contributed by atoms with Gasteiger partial charge in [-0.15, -0.1) is 0 Å². The third-order valence-electron chi connectivity index (χ3n) is 4.84. The van der Waals surface area contributed by atoms with Gasteiger partial charge in [0, 0.05) is 17.5 Å². The Kier molecular flexibility index (Phi) is 5.98. The number of hydrogen-bond acceptors (Lipinski definition) is 3. The highest BCUT2D eigenvalue weighted by atomic mass is 16.2. The first-order valence-corrected chi connectivity index (χ1v) is 9.29. The number of benzene rings is 2. The summed E-state index contributed by atoms with van der Waals surface area (Å²) in [5.74, 6) is -0.306. The first kappa shape index (κ1) is 18.8. The smallest absolute Gasteiger partial charge is 0.272 e. The van der Waals surface area contributed by atoms with Crippen molar-refractivity contribution < 1.29 is 9.69 Å². The van der Waals surface area contributed by atoms with E-state index < -0.39 is 0 Å². The molecule has 3 N–H and O–H groups in total. The average molecular weight is 365 g/mol. The van der Waals surface area contributed by atoms with Gasteiger partial charge in [0.2, 0.25) is 0 Å². The van der Waals surface area contributed by atoms with E-state index in [0.29, 0.717) is 17.3 Å². The molecule has 0 aliphatic rings. The molecular weight excluding hydrogens is 340 g/mol. The number of rotatable bonds is 7. The molecule has 0 unspecified atom stereocenters. The molecule has 0 spiro atoms. The number of nitrogens with zero attached hydrogens (tertiary/aromatic N) is 1. The van der Waals surface area contributed by atoms with Crippen molar-refractivity contribution in [2.45, 2.75) is 26.9 Å². The van der Waals surface area contributed by atoms with Gasteiger partial charge in [-0.2, -0.15) is 5.10 Å². The van der Waals surface area contributed by atoms with Crippen LogP contribution in [0.2, 0.25) is 0 Å². The highest BCUT2D eigenvalue weighted by molar-refractivity contribution is 6.04. The van der Waals surface area contributed by atoms with Gasteiger partial charge in [0.1, 0.15) is 6.54 Å². The normalized spacial score (nSPS) is 11.1. The quantitative estimate of drug-likeness (QED) is 0.590. The van der Waals surface area contributed by atoms with Crippen LogP contribution in [-0.2, 0) is 13.1 Å². The molecule has 6 nitrogen and oxygen atoms in total. The van der Waals surface area contributed by atoms with Gasteiger partial charge in [0.25, 0.3) is 11.5 Å². The van der Waals surface area contributed by atoms with Crippen LogP contribution in [-0.4, -0.2) is 29.2 Å². The summed E-state index contributed by atoms with van der Waals surface area (Å²) in [6.45, 7) is 8.01. The van der Waals surface area contributed by atoms with E-state index in [1.54, 1.807) is 24.3 Å². The van der Waals surface area contributed by atoms with Crippen LogP contribution in [0, 0.1) is 0 Å². The van der Waals surface area contributed by atoms with Crippen LogP contribution in [0.5, 0.6) is 0 Å². The van der Waals surface area contributed by atoms with E-state index in [-0.39, 0.29) is 17.2 Å². The number of nitrogens with one attached hydrogen (secondary N) is 3. The lowest BCUT2D eigenvalue weighted by atomic mass is 10.1. The summed E-state index contributed by atoms with van der Waals surface area (Å²) in [6.07, 6.45) is 0. The summed E-state index contributed by atoms with van der Waals surface area (Å²) in [6, 6.07) is 15.3. The van der Waals surface area contributed by atoms with Crippen LogP contribution in [0.15, 0.2) is 53.3 Å². The molecule has 0 saturated carbocycles. The molecule has 3 rings (SSSR count). The first-order chi connectivity index (χ1) is 13.1. The number of aromatic nitrogens is 2. The molecule has 0 saturated heterocycles. The molecule has 0 bridgehead atoms. The molecule has 6 heteroatoms. The van der Waals surface area contributed by atoms with Crippen LogP contribution in [0.4, 0.5) is 0 Å². The lowest BCUT2D eigenvalue weighted by molar-refractivity contribution is -0.910. The minimum Gasteiger partial charge on any atom is -0.347 e. The maximum absolute atomic E-state index is 12.5. The third-order valence-corrected chi connectivity index (χ3v) is 4.84. The lowest BCUT2D eigenvalue weighted by Crippen LogP contribution is -3.10. The van der Waals surface area contributed by atoms with Crippen molar-refractivity contribution in [2.75, 3.05) is 13.1 Å². The predicted molar refractivity (Wildman–Crippen MR) is 106 cm³/mol. The number of H-pyrrole nitrogens is 1. The van der Waals surface area contributed by atoms with Gasteiger partial charge in [0.15, 0.2) is 5.69 Å². The standard InChI is InChI=1S/C21H24N4O2/c1-3-25(4-2)14-16-11-9-15(10-12-16)13-22-21(27)19-17-7-5-6-8-18(17)20(26)24-23-19/h5-12H,3-4,13-14H2,1-2H3,(H,22,27)(H,24,26)/p+1. The predicted octanol–water partition coefficient (Wildman–Crippen LogP) is 1.28. The molecule has 1 amide bonds. The Morgan fingerprint density at radius 3 is 2.30 bits per heavy atom. The second kappa shape index (κ2) is 8.60. The topological polar surface area (TPSA) is 79.3 Å². The van der Waals surface area contributed by atoms with E-state index in [9.17, 15) is 9.59 Å². The molecule has 0 atom stereocenters. The zero-order valence-corrected chi connectivity index (χ0v) is 15.7. The molecule has 0 radical (unpaired) electrons. The second-order valence-corrected chi connectivity index (χ2v) is 6.58. The molecule has 0 aliphatic carbocycles. The maximum Gasteiger partial charge on any atom is 0.272 e. The zero-order valence-electron chi connectivity index (χ0n) is 15.7.